The van der Waals surface area contributed by atoms with Crippen LogP contribution in [0.4, 0.5) is 8.78 Å². The molecule has 6 heteroatoms. The number of nitriles is 1. The highest BCUT2D eigenvalue weighted by molar-refractivity contribution is 5.36. The first-order valence-corrected chi connectivity index (χ1v) is 8.14. The number of nitrogens with zero attached hydrogens (tertiary/aromatic N) is 1. The Bertz CT molecular complexity index is 783. The molecule has 1 heterocycles. The zero-order chi connectivity index (χ0) is 17.6. The number of benzene rings is 2. The van der Waals surface area contributed by atoms with Crippen molar-refractivity contribution >= 4 is 0 Å². The van der Waals surface area contributed by atoms with Crippen molar-refractivity contribution in [3.63, 3.8) is 0 Å². The molecule has 1 fully saturated rings. The minimum atomic E-state index is -0.651. The average Bonchev–Trinajstić information content (AvgIpc) is 2.63. The maximum Gasteiger partial charge on any atom is 0.166 e. The van der Waals surface area contributed by atoms with Crippen molar-refractivity contribution in [2.45, 2.75) is 25.6 Å². The minimum absolute atomic E-state index is 0.0249. The number of halogens is 2. The van der Waals surface area contributed by atoms with E-state index in [1.165, 1.54) is 18.2 Å². The number of ether oxygens (including phenoxy) is 2. The van der Waals surface area contributed by atoms with Crippen LogP contribution in [0.25, 0.3) is 0 Å². The van der Waals surface area contributed by atoms with E-state index in [-0.39, 0.29) is 29.6 Å². The van der Waals surface area contributed by atoms with Crippen molar-refractivity contribution in [2.24, 2.45) is 0 Å². The van der Waals surface area contributed by atoms with Gasteiger partial charge in [0, 0.05) is 5.56 Å². The first-order chi connectivity index (χ1) is 12.2. The van der Waals surface area contributed by atoms with E-state index < -0.39 is 11.6 Å². The Morgan fingerprint density at radius 3 is 2.60 bits per heavy atom. The summed E-state index contributed by atoms with van der Waals surface area (Å²) in [5.41, 5.74) is 0.489. The lowest BCUT2D eigenvalue weighted by Crippen LogP contribution is -2.34. The van der Waals surface area contributed by atoms with Crippen LogP contribution < -0.4 is 14.8 Å². The number of piperidine rings is 1. The van der Waals surface area contributed by atoms with Crippen LogP contribution in [0.1, 0.15) is 24.0 Å². The summed E-state index contributed by atoms with van der Waals surface area (Å²) in [7, 11) is 0. The molecule has 130 valence electrons. The molecule has 1 aliphatic heterocycles. The molecule has 1 saturated heterocycles. The fourth-order valence-electron chi connectivity index (χ4n) is 2.68. The number of hydrogen-bond donors (Lipinski definition) is 1. The molecule has 0 saturated carbocycles. The first-order valence-electron chi connectivity index (χ1n) is 8.14. The minimum Gasteiger partial charge on any atom is -0.490 e. The Morgan fingerprint density at radius 1 is 1.08 bits per heavy atom. The number of nitrogens with one attached hydrogen (secondary N) is 1. The molecule has 0 amide bonds. The van der Waals surface area contributed by atoms with Crippen LogP contribution >= 0.6 is 0 Å². The van der Waals surface area contributed by atoms with Crippen molar-refractivity contribution in [3.8, 4) is 17.6 Å². The van der Waals surface area contributed by atoms with Gasteiger partial charge < -0.3 is 14.8 Å². The number of hydrogen-bond acceptors (Lipinski definition) is 4. The molecular weight excluding hydrogens is 326 g/mol. The molecule has 3 rings (SSSR count). The van der Waals surface area contributed by atoms with Crippen LogP contribution in [0.5, 0.6) is 11.5 Å². The van der Waals surface area contributed by atoms with Gasteiger partial charge in [0.05, 0.1) is 11.6 Å². The van der Waals surface area contributed by atoms with Crippen LogP contribution in [0.3, 0.4) is 0 Å². The Morgan fingerprint density at radius 2 is 1.88 bits per heavy atom. The molecule has 1 aliphatic rings. The predicted molar refractivity (Wildman–Crippen MR) is 88.4 cm³/mol. The van der Waals surface area contributed by atoms with Gasteiger partial charge in [-0.25, -0.2) is 8.78 Å². The smallest absolute Gasteiger partial charge is 0.166 e. The largest absolute Gasteiger partial charge is 0.490 e. The van der Waals surface area contributed by atoms with Gasteiger partial charge in [0.25, 0.3) is 0 Å². The van der Waals surface area contributed by atoms with Crippen molar-refractivity contribution in [1.29, 1.82) is 5.26 Å². The van der Waals surface area contributed by atoms with Crippen molar-refractivity contribution in [3.05, 3.63) is 59.2 Å². The Balaban J connectivity index is 1.67. The normalized spacial score (nSPS) is 14.8. The second-order valence-corrected chi connectivity index (χ2v) is 5.87. The lowest BCUT2D eigenvalue weighted by Gasteiger charge is -2.24. The summed E-state index contributed by atoms with van der Waals surface area (Å²) >= 11 is 0. The van der Waals surface area contributed by atoms with E-state index in [2.05, 4.69) is 5.32 Å². The van der Waals surface area contributed by atoms with Crippen molar-refractivity contribution in [2.75, 3.05) is 13.1 Å². The zero-order valence-electron chi connectivity index (χ0n) is 13.6. The Hall–Kier alpha value is -2.65. The van der Waals surface area contributed by atoms with Gasteiger partial charge in [-0.15, -0.1) is 0 Å². The predicted octanol–water partition coefficient (Wildman–Crippen LogP) is 3.55. The highest BCUT2D eigenvalue weighted by Crippen LogP contribution is 2.23. The quantitative estimate of drug-likeness (QED) is 0.901. The summed E-state index contributed by atoms with van der Waals surface area (Å²) in [6, 6.07) is 10.2. The van der Waals surface area contributed by atoms with Crippen molar-refractivity contribution in [1.82, 2.24) is 5.32 Å². The molecular formula is C19H18F2N2O2. The Kier molecular flexibility index (Phi) is 5.46. The molecule has 2 aromatic rings. The van der Waals surface area contributed by atoms with Gasteiger partial charge in [0.2, 0.25) is 0 Å². The summed E-state index contributed by atoms with van der Waals surface area (Å²) in [5, 5.41) is 12.0. The lowest BCUT2D eigenvalue weighted by atomic mass is 10.1. The second-order valence-electron chi connectivity index (χ2n) is 5.87. The van der Waals surface area contributed by atoms with E-state index in [4.69, 9.17) is 14.7 Å². The molecule has 0 unspecified atom stereocenters. The fourth-order valence-corrected chi connectivity index (χ4v) is 2.68. The zero-order valence-corrected chi connectivity index (χ0v) is 13.6. The molecule has 0 spiro atoms. The summed E-state index contributed by atoms with van der Waals surface area (Å²) in [5.74, 6) is -0.538. The highest BCUT2D eigenvalue weighted by Gasteiger charge is 2.15. The third-order valence-corrected chi connectivity index (χ3v) is 4.05. The van der Waals surface area contributed by atoms with Crippen LogP contribution in [-0.2, 0) is 6.61 Å². The summed E-state index contributed by atoms with van der Waals surface area (Å²) in [6.07, 6.45) is 1.91. The molecule has 0 bridgehead atoms. The van der Waals surface area contributed by atoms with Crippen LogP contribution in [0.15, 0.2) is 36.4 Å². The molecule has 0 atom stereocenters. The molecule has 0 radical (unpaired) electrons. The van der Waals surface area contributed by atoms with Gasteiger partial charge >= 0.3 is 0 Å². The molecule has 0 aromatic heterocycles. The lowest BCUT2D eigenvalue weighted by molar-refractivity contribution is 0.162. The topological polar surface area (TPSA) is 54.3 Å². The molecule has 25 heavy (non-hydrogen) atoms. The SMILES string of the molecule is N#Cc1ccc(OCc2cc(OC3CCNCC3)ccc2F)c(F)c1. The summed E-state index contributed by atoms with van der Waals surface area (Å²) < 4.78 is 39.1. The maximum atomic E-state index is 14.0. The van der Waals surface area contributed by atoms with E-state index in [0.29, 0.717) is 5.75 Å². The molecule has 1 N–H and O–H groups in total. The van der Waals surface area contributed by atoms with Crippen LogP contribution in [-0.4, -0.2) is 19.2 Å². The van der Waals surface area contributed by atoms with Crippen LogP contribution in [0, 0.1) is 23.0 Å². The Labute approximate surface area is 145 Å². The van der Waals surface area contributed by atoms with Crippen molar-refractivity contribution < 1.29 is 18.3 Å². The van der Waals surface area contributed by atoms with Gasteiger partial charge in [0.1, 0.15) is 24.3 Å². The second kappa shape index (κ2) is 7.95. The molecule has 2 aromatic carbocycles. The first kappa shape index (κ1) is 17.2. The van der Waals surface area contributed by atoms with E-state index in [1.807, 2.05) is 6.07 Å². The van der Waals surface area contributed by atoms with Gasteiger partial charge in [-0.05, 0) is 62.3 Å². The third kappa shape index (κ3) is 4.46. The fraction of sp³-hybridized carbons (Fsp3) is 0.316. The van der Waals surface area contributed by atoms with Gasteiger partial charge in [-0.1, -0.05) is 0 Å². The van der Waals surface area contributed by atoms with E-state index in [9.17, 15) is 8.78 Å². The maximum absolute atomic E-state index is 14.0. The van der Waals surface area contributed by atoms with E-state index in [0.717, 1.165) is 32.0 Å². The average molecular weight is 344 g/mol. The third-order valence-electron chi connectivity index (χ3n) is 4.05. The van der Waals surface area contributed by atoms with Crippen LogP contribution in [0.2, 0.25) is 0 Å². The van der Waals surface area contributed by atoms with Gasteiger partial charge in [-0.3, -0.25) is 0 Å². The highest BCUT2D eigenvalue weighted by atomic mass is 19.1. The van der Waals surface area contributed by atoms with Gasteiger partial charge in [-0.2, -0.15) is 5.26 Å². The standard InChI is InChI=1S/C19H18F2N2O2/c20-17-3-2-16(25-15-5-7-23-8-6-15)10-14(17)12-24-19-4-1-13(11-22)9-18(19)21/h1-4,9-10,15,23H,5-8,12H2. The monoisotopic (exact) mass is 344 g/mol. The van der Waals surface area contributed by atoms with E-state index >= 15 is 0 Å². The molecule has 0 aliphatic carbocycles. The summed E-state index contributed by atoms with van der Waals surface area (Å²) in [4.78, 5) is 0. The molecule has 4 nitrogen and oxygen atoms in total. The number of rotatable bonds is 5. The van der Waals surface area contributed by atoms with Gasteiger partial charge in [0.15, 0.2) is 11.6 Å². The van der Waals surface area contributed by atoms with E-state index in [1.54, 1.807) is 12.1 Å². The summed E-state index contributed by atoms with van der Waals surface area (Å²) in [6.45, 7) is 1.68.